The predicted molar refractivity (Wildman–Crippen MR) is 71.2 cm³/mol. The Morgan fingerprint density at radius 1 is 1.35 bits per heavy atom. The molecule has 3 heteroatoms. The summed E-state index contributed by atoms with van der Waals surface area (Å²) in [6.45, 7) is 3.86. The molecule has 100 valence electrons. The molecule has 17 heavy (non-hydrogen) atoms. The van der Waals surface area contributed by atoms with Crippen molar-refractivity contribution in [2.24, 2.45) is 0 Å². The summed E-state index contributed by atoms with van der Waals surface area (Å²) in [6.07, 6.45) is 8.83. The summed E-state index contributed by atoms with van der Waals surface area (Å²) in [5, 5.41) is 13.0. The number of rotatable bonds is 4. The molecule has 0 radical (unpaired) electrons. The van der Waals surface area contributed by atoms with Crippen LogP contribution in [0.1, 0.15) is 51.9 Å². The fourth-order valence-electron chi connectivity index (χ4n) is 3.84. The Hall–Kier alpha value is -0.120. The Kier molecular flexibility index (Phi) is 4.45. The molecule has 1 saturated carbocycles. The van der Waals surface area contributed by atoms with E-state index in [1.165, 1.54) is 38.6 Å². The molecular formula is C14H28N2O. The quantitative estimate of drug-likeness (QED) is 0.786. The van der Waals surface area contributed by atoms with Crippen LogP contribution in [0, 0.1) is 0 Å². The molecule has 2 rings (SSSR count). The number of likely N-dealkylation sites (tertiary alicyclic amines) is 1. The summed E-state index contributed by atoms with van der Waals surface area (Å²) in [5.74, 6) is 0. The first-order valence-electron chi connectivity index (χ1n) is 7.30. The van der Waals surface area contributed by atoms with Crippen LogP contribution in [0.15, 0.2) is 0 Å². The molecule has 0 aromatic carbocycles. The largest absolute Gasteiger partial charge is 0.394 e. The smallest absolute Gasteiger partial charge is 0.0613 e. The number of nitrogens with zero attached hydrogens (tertiary/aromatic N) is 1. The second-order valence-corrected chi connectivity index (χ2v) is 5.88. The van der Waals surface area contributed by atoms with Gasteiger partial charge in [0.1, 0.15) is 0 Å². The molecule has 2 fully saturated rings. The van der Waals surface area contributed by atoms with Crippen molar-refractivity contribution in [3.8, 4) is 0 Å². The van der Waals surface area contributed by atoms with E-state index in [1.807, 2.05) is 7.05 Å². The van der Waals surface area contributed by atoms with Crippen LogP contribution in [0.25, 0.3) is 0 Å². The van der Waals surface area contributed by atoms with Crippen LogP contribution < -0.4 is 5.32 Å². The van der Waals surface area contributed by atoms with Gasteiger partial charge < -0.3 is 10.4 Å². The highest BCUT2D eigenvalue weighted by Crippen LogP contribution is 2.34. The average Bonchev–Trinajstić information content (AvgIpc) is 2.87. The molecule has 2 N–H and O–H groups in total. The van der Waals surface area contributed by atoms with E-state index < -0.39 is 0 Å². The highest BCUT2D eigenvalue weighted by Gasteiger charge is 2.39. The molecule has 1 heterocycles. The summed E-state index contributed by atoms with van der Waals surface area (Å²) in [7, 11) is 2.00. The fraction of sp³-hybridized carbons (Fsp3) is 1.00. The predicted octanol–water partition coefficient (Wildman–Crippen LogP) is 1.75. The van der Waals surface area contributed by atoms with Crippen molar-refractivity contribution in [2.45, 2.75) is 69.5 Å². The van der Waals surface area contributed by atoms with Gasteiger partial charge in [-0.05, 0) is 58.5 Å². The zero-order valence-electron chi connectivity index (χ0n) is 11.4. The van der Waals surface area contributed by atoms with Crippen LogP contribution in [-0.2, 0) is 0 Å². The van der Waals surface area contributed by atoms with Crippen molar-refractivity contribution in [3.63, 3.8) is 0 Å². The molecule has 0 spiro atoms. The van der Waals surface area contributed by atoms with E-state index >= 15 is 0 Å². The minimum Gasteiger partial charge on any atom is -0.394 e. The highest BCUT2D eigenvalue weighted by atomic mass is 16.3. The van der Waals surface area contributed by atoms with Crippen LogP contribution >= 0.6 is 0 Å². The SMILES string of the molecule is CCC1CCCN1C1CCCC(CO)(NC)C1. The van der Waals surface area contributed by atoms with E-state index in [9.17, 15) is 5.11 Å². The summed E-state index contributed by atoms with van der Waals surface area (Å²) in [6, 6.07) is 1.49. The van der Waals surface area contributed by atoms with Gasteiger partial charge in [-0.15, -0.1) is 0 Å². The van der Waals surface area contributed by atoms with Gasteiger partial charge in [-0.1, -0.05) is 6.92 Å². The van der Waals surface area contributed by atoms with Crippen molar-refractivity contribution in [2.75, 3.05) is 20.2 Å². The third-order valence-electron chi connectivity index (χ3n) is 5.01. The monoisotopic (exact) mass is 240 g/mol. The van der Waals surface area contributed by atoms with E-state index in [1.54, 1.807) is 0 Å². The van der Waals surface area contributed by atoms with Gasteiger partial charge in [-0.25, -0.2) is 0 Å². The van der Waals surface area contributed by atoms with Crippen molar-refractivity contribution in [1.82, 2.24) is 10.2 Å². The molecule has 1 aliphatic carbocycles. The van der Waals surface area contributed by atoms with E-state index in [0.29, 0.717) is 6.04 Å². The minimum absolute atomic E-state index is 0.0101. The second-order valence-electron chi connectivity index (χ2n) is 5.88. The zero-order valence-corrected chi connectivity index (χ0v) is 11.4. The molecule has 0 amide bonds. The Morgan fingerprint density at radius 2 is 2.18 bits per heavy atom. The van der Waals surface area contributed by atoms with Gasteiger partial charge in [0.15, 0.2) is 0 Å². The molecule has 1 saturated heterocycles. The molecule has 0 aromatic heterocycles. The zero-order chi connectivity index (χ0) is 12.3. The molecule has 0 bridgehead atoms. The van der Waals surface area contributed by atoms with Gasteiger partial charge >= 0.3 is 0 Å². The standard InChI is InChI=1S/C14H28N2O/c1-3-12-7-5-9-16(12)13-6-4-8-14(10-13,11-17)15-2/h12-13,15,17H,3-11H2,1-2H3. The lowest BCUT2D eigenvalue weighted by molar-refractivity contribution is 0.0570. The Morgan fingerprint density at radius 3 is 2.82 bits per heavy atom. The maximum absolute atomic E-state index is 9.64. The minimum atomic E-state index is -0.0101. The first kappa shape index (κ1) is 13.3. The van der Waals surface area contributed by atoms with Crippen molar-refractivity contribution >= 4 is 0 Å². The fourth-order valence-corrected chi connectivity index (χ4v) is 3.84. The van der Waals surface area contributed by atoms with Crippen LogP contribution in [0.2, 0.25) is 0 Å². The van der Waals surface area contributed by atoms with E-state index in [-0.39, 0.29) is 12.1 Å². The van der Waals surface area contributed by atoms with Crippen LogP contribution in [0.3, 0.4) is 0 Å². The number of aliphatic hydroxyl groups excluding tert-OH is 1. The average molecular weight is 240 g/mol. The van der Waals surface area contributed by atoms with Crippen molar-refractivity contribution in [1.29, 1.82) is 0 Å². The lowest BCUT2D eigenvalue weighted by atomic mass is 9.78. The normalized spacial score (nSPS) is 39.7. The molecule has 2 aliphatic rings. The van der Waals surface area contributed by atoms with Gasteiger partial charge in [-0.3, -0.25) is 4.90 Å². The van der Waals surface area contributed by atoms with Gasteiger partial charge in [0, 0.05) is 17.6 Å². The van der Waals surface area contributed by atoms with Gasteiger partial charge in [0.2, 0.25) is 0 Å². The lowest BCUT2D eigenvalue weighted by Gasteiger charge is -2.44. The topological polar surface area (TPSA) is 35.5 Å². The van der Waals surface area contributed by atoms with Gasteiger partial charge in [-0.2, -0.15) is 0 Å². The lowest BCUT2D eigenvalue weighted by Crippen LogP contribution is -2.55. The van der Waals surface area contributed by atoms with E-state index in [4.69, 9.17) is 0 Å². The number of hydrogen-bond acceptors (Lipinski definition) is 3. The molecular weight excluding hydrogens is 212 g/mol. The highest BCUT2D eigenvalue weighted by molar-refractivity contribution is 4.97. The van der Waals surface area contributed by atoms with Crippen molar-refractivity contribution < 1.29 is 5.11 Å². The molecule has 3 atom stereocenters. The maximum Gasteiger partial charge on any atom is 0.0613 e. The third-order valence-corrected chi connectivity index (χ3v) is 5.01. The van der Waals surface area contributed by atoms with Gasteiger partial charge in [0.25, 0.3) is 0 Å². The summed E-state index contributed by atoms with van der Waals surface area (Å²) < 4.78 is 0. The van der Waals surface area contributed by atoms with Crippen LogP contribution in [-0.4, -0.2) is 47.8 Å². The van der Waals surface area contributed by atoms with Gasteiger partial charge in [0.05, 0.1) is 6.61 Å². The maximum atomic E-state index is 9.64. The first-order valence-corrected chi connectivity index (χ1v) is 7.30. The molecule has 0 aromatic rings. The summed E-state index contributed by atoms with van der Waals surface area (Å²) >= 11 is 0. The summed E-state index contributed by atoms with van der Waals surface area (Å²) in [4.78, 5) is 2.72. The number of likely N-dealkylation sites (N-methyl/N-ethyl adjacent to an activating group) is 1. The van der Waals surface area contributed by atoms with Crippen LogP contribution in [0.4, 0.5) is 0 Å². The first-order chi connectivity index (χ1) is 8.24. The second kappa shape index (κ2) is 5.68. The number of nitrogens with one attached hydrogen (secondary N) is 1. The molecule has 3 nitrogen and oxygen atoms in total. The Labute approximate surface area is 106 Å². The molecule has 1 aliphatic heterocycles. The third kappa shape index (κ3) is 2.67. The van der Waals surface area contributed by atoms with E-state index in [2.05, 4.69) is 17.1 Å². The number of hydrogen-bond donors (Lipinski definition) is 2. The molecule has 3 unspecified atom stereocenters. The van der Waals surface area contributed by atoms with Crippen molar-refractivity contribution in [3.05, 3.63) is 0 Å². The van der Waals surface area contributed by atoms with E-state index in [0.717, 1.165) is 18.9 Å². The Balaban J connectivity index is 2.01. The van der Waals surface area contributed by atoms with Crippen LogP contribution in [0.5, 0.6) is 0 Å². The summed E-state index contributed by atoms with van der Waals surface area (Å²) in [5.41, 5.74) is -0.0101. The Bertz CT molecular complexity index is 240. The number of aliphatic hydroxyl groups is 1.